The first-order valence-electron chi connectivity index (χ1n) is 5.86. The quantitative estimate of drug-likeness (QED) is 0.937. The maximum atomic E-state index is 12.6. The van der Waals surface area contributed by atoms with Gasteiger partial charge in [-0.2, -0.15) is 4.31 Å². The second-order valence-corrected chi connectivity index (χ2v) is 8.20. The van der Waals surface area contributed by atoms with Crippen LogP contribution in [0.4, 0.5) is 0 Å². The molecule has 2 aromatic rings. The molecule has 0 atom stereocenters. The molecule has 1 aliphatic heterocycles. The zero-order chi connectivity index (χ0) is 14.3. The smallest absolute Gasteiger partial charge is 0.347 e. The highest BCUT2D eigenvalue weighted by Crippen LogP contribution is 2.30. The summed E-state index contributed by atoms with van der Waals surface area (Å²) in [6.07, 6.45) is 0.679. The van der Waals surface area contributed by atoms with Gasteiger partial charge in [0.1, 0.15) is 9.77 Å². The normalized spacial score (nSPS) is 16.0. The van der Waals surface area contributed by atoms with Gasteiger partial charge in [-0.15, -0.1) is 22.7 Å². The fourth-order valence-electron chi connectivity index (χ4n) is 2.22. The molecule has 3 rings (SSSR count). The van der Waals surface area contributed by atoms with Crippen molar-refractivity contribution in [3.63, 3.8) is 0 Å². The molecule has 0 bridgehead atoms. The van der Waals surface area contributed by atoms with Crippen molar-refractivity contribution in [2.45, 2.75) is 17.9 Å². The van der Waals surface area contributed by atoms with E-state index in [1.807, 2.05) is 11.4 Å². The van der Waals surface area contributed by atoms with Crippen molar-refractivity contribution < 1.29 is 18.3 Å². The molecule has 0 aromatic carbocycles. The Balaban J connectivity index is 1.97. The minimum Gasteiger partial charge on any atom is -0.477 e. The van der Waals surface area contributed by atoms with Crippen molar-refractivity contribution in [3.8, 4) is 0 Å². The van der Waals surface area contributed by atoms with E-state index >= 15 is 0 Å². The average Bonchev–Trinajstić information content (AvgIpc) is 3.06. The molecule has 1 N–H and O–H groups in total. The van der Waals surface area contributed by atoms with Crippen LogP contribution in [0.1, 0.15) is 20.1 Å². The summed E-state index contributed by atoms with van der Waals surface area (Å²) in [6, 6.07) is 3.29. The number of carbonyl (C=O) groups is 1. The monoisotopic (exact) mass is 329 g/mol. The molecule has 20 heavy (non-hydrogen) atoms. The number of hydrogen-bond donors (Lipinski definition) is 1. The predicted molar refractivity (Wildman–Crippen MR) is 76.9 cm³/mol. The number of fused-ring (bicyclic) bond motifs is 1. The van der Waals surface area contributed by atoms with E-state index in [-0.39, 0.29) is 9.77 Å². The molecular formula is C12H11NO4S3. The van der Waals surface area contributed by atoms with Crippen LogP contribution >= 0.6 is 22.7 Å². The van der Waals surface area contributed by atoms with Crippen LogP contribution in [0.3, 0.4) is 0 Å². The summed E-state index contributed by atoms with van der Waals surface area (Å²) in [5.41, 5.74) is 1.01. The van der Waals surface area contributed by atoms with Gasteiger partial charge < -0.3 is 5.11 Å². The Hall–Kier alpha value is -1.22. The van der Waals surface area contributed by atoms with Crippen molar-refractivity contribution in [1.29, 1.82) is 0 Å². The predicted octanol–water partition coefficient (Wildman–Crippen LogP) is 2.25. The molecule has 106 valence electrons. The van der Waals surface area contributed by atoms with Crippen molar-refractivity contribution in [2.75, 3.05) is 6.54 Å². The number of aromatic carboxylic acids is 1. The second-order valence-electron chi connectivity index (χ2n) is 4.38. The third kappa shape index (κ3) is 2.18. The van der Waals surface area contributed by atoms with Gasteiger partial charge in [0.25, 0.3) is 0 Å². The number of thiophene rings is 2. The lowest BCUT2D eigenvalue weighted by Gasteiger charge is -2.26. The summed E-state index contributed by atoms with van der Waals surface area (Å²) in [7, 11) is -3.75. The summed E-state index contributed by atoms with van der Waals surface area (Å²) >= 11 is 2.56. The number of sulfonamides is 1. The van der Waals surface area contributed by atoms with E-state index in [4.69, 9.17) is 5.11 Å². The molecule has 2 aromatic heterocycles. The molecule has 1 aliphatic rings. The third-order valence-corrected chi connectivity index (χ3v) is 7.16. The van der Waals surface area contributed by atoms with Crippen LogP contribution in [0.2, 0.25) is 0 Å². The minimum absolute atomic E-state index is 0.103. The van der Waals surface area contributed by atoms with Gasteiger partial charge in [-0.1, -0.05) is 0 Å². The fourth-order valence-corrected chi connectivity index (χ4v) is 5.77. The lowest BCUT2D eigenvalue weighted by Crippen LogP contribution is -2.35. The summed E-state index contributed by atoms with van der Waals surface area (Å²) < 4.78 is 26.5. The van der Waals surface area contributed by atoms with Gasteiger partial charge in [0, 0.05) is 18.0 Å². The molecule has 0 spiro atoms. The van der Waals surface area contributed by atoms with Crippen LogP contribution in [0.5, 0.6) is 0 Å². The number of hydrogen-bond acceptors (Lipinski definition) is 5. The second kappa shape index (κ2) is 4.96. The number of carboxylic acid groups (broad SMARTS) is 1. The topological polar surface area (TPSA) is 74.7 Å². The summed E-state index contributed by atoms with van der Waals surface area (Å²) in [6.45, 7) is 0.709. The SMILES string of the molecule is O=C(O)c1sccc1S(=O)(=O)N1CCc2sccc2C1. The average molecular weight is 329 g/mol. The summed E-state index contributed by atoms with van der Waals surface area (Å²) in [5, 5.41) is 12.5. The van der Waals surface area contributed by atoms with E-state index in [0.717, 1.165) is 16.9 Å². The molecule has 0 fully saturated rings. The number of rotatable bonds is 3. The molecule has 3 heterocycles. The van der Waals surface area contributed by atoms with Gasteiger partial charge in [-0.25, -0.2) is 13.2 Å². The van der Waals surface area contributed by atoms with Crippen LogP contribution in [0.25, 0.3) is 0 Å². The molecule has 0 amide bonds. The van der Waals surface area contributed by atoms with Gasteiger partial charge in [0.2, 0.25) is 10.0 Å². The van der Waals surface area contributed by atoms with E-state index in [1.54, 1.807) is 11.3 Å². The number of nitrogens with zero attached hydrogens (tertiary/aromatic N) is 1. The number of carboxylic acids is 1. The van der Waals surface area contributed by atoms with Crippen LogP contribution in [0.15, 0.2) is 27.8 Å². The van der Waals surface area contributed by atoms with E-state index in [2.05, 4.69) is 0 Å². The minimum atomic E-state index is -3.75. The van der Waals surface area contributed by atoms with Crippen molar-refractivity contribution in [3.05, 3.63) is 38.2 Å². The summed E-state index contributed by atoms with van der Waals surface area (Å²) in [4.78, 5) is 12.1. The molecule has 0 aliphatic carbocycles. The highest BCUT2D eigenvalue weighted by molar-refractivity contribution is 7.89. The fraction of sp³-hybridized carbons (Fsp3) is 0.250. The van der Waals surface area contributed by atoms with Gasteiger partial charge in [-0.3, -0.25) is 0 Å². The lowest BCUT2D eigenvalue weighted by molar-refractivity contribution is 0.0698. The van der Waals surface area contributed by atoms with Gasteiger partial charge in [0.05, 0.1) is 0 Å². The maximum absolute atomic E-state index is 12.6. The Morgan fingerprint density at radius 3 is 2.75 bits per heavy atom. The van der Waals surface area contributed by atoms with Crippen LogP contribution in [-0.2, 0) is 23.0 Å². The van der Waals surface area contributed by atoms with Crippen LogP contribution < -0.4 is 0 Å². The zero-order valence-electron chi connectivity index (χ0n) is 10.3. The van der Waals surface area contributed by atoms with Crippen LogP contribution in [-0.4, -0.2) is 30.3 Å². The largest absolute Gasteiger partial charge is 0.477 e. The zero-order valence-corrected chi connectivity index (χ0v) is 12.7. The lowest BCUT2D eigenvalue weighted by atomic mass is 10.1. The van der Waals surface area contributed by atoms with Crippen molar-refractivity contribution >= 4 is 38.7 Å². The van der Waals surface area contributed by atoms with E-state index in [1.165, 1.54) is 20.6 Å². The third-order valence-electron chi connectivity index (χ3n) is 3.21. The Labute approximate surface area is 124 Å². The molecule has 0 saturated carbocycles. The molecule has 0 radical (unpaired) electrons. The van der Waals surface area contributed by atoms with Gasteiger partial charge in [0.15, 0.2) is 0 Å². The molecule has 0 saturated heterocycles. The maximum Gasteiger partial charge on any atom is 0.347 e. The van der Waals surface area contributed by atoms with Crippen LogP contribution in [0, 0.1) is 0 Å². The Bertz CT molecular complexity index is 759. The van der Waals surface area contributed by atoms with Crippen molar-refractivity contribution in [1.82, 2.24) is 4.31 Å². The molecule has 8 heteroatoms. The first kappa shape index (κ1) is 13.7. The van der Waals surface area contributed by atoms with E-state index in [9.17, 15) is 13.2 Å². The first-order chi connectivity index (χ1) is 9.50. The van der Waals surface area contributed by atoms with Gasteiger partial charge >= 0.3 is 5.97 Å². The van der Waals surface area contributed by atoms with E-state index < -0.39 is 16.0 Å². The van der Waals surface area contributed by atoms with Gasteiger partial charge in [-0.05, 0) is 34.9 Å². The highest BCUT2D eigenvalue weighted by atomic mass is 32.2. The molecule has 0 unspecified atom stereocenters. The first-order valence-corrected chi connectivity index (χ1v) is 9.06. The molecular weight excluding hydrogens is 318 g/mol. The Morgan fingerprint density at radius 1 is 1.25 bits per heavy atom. The summed E-state index contributed by atoms with van der Waals surface area (Å²) in [5.74, 6) is -1.20. The van der Waals surface area contributed by atoms with E-state index in [0.29, 0.717) is 19.5 Å². The highest BCUT2D eigenvalue weighted by Gasteiger charge is 2.32. The standard InChI is InChI=1S/C12H11NO4S3/c14-12(15)11-10(3-6-19-11)20(16,17)13-4-1-9-8(7-13)2-5-18-9/h2-3,5-6H,1,4,7H2,(H,14,15). The Morgan fingerprint density at radius 2 is 2.00 bits per heavy atom. The molecule has 5 nitrogen and oxygen atoms in total. The van der Waals surface area contributed by atoms with Crippen molar-refractivity contribution in [2.24, 2.45) is 0 Å². The Kier molecular flexibility index (Phi) is 3.41.